The van der Waals surface area contributed by atoms with Gasteiger partial charge in [0.2, 0.25) is 0 Å². The van der Waals surface area contributed by atoms with Crippen LogP contribution in [0.5, 0.6) is 0 Å². The van der Waals surface area contributed by atoms with Crippen molar-refractivity contribution in [3.05, 3.63) is 28.8 Å². The highest BCUT2D eigenvalue weighted by Gasteiger charge is 2.17. The third-order valence-corrected chi connectivity index (χ3v) is 5.05. The molecule has 0 radical (unpaired) electrons. The number of alkyl halides is 1. The van der Waals surface area contributed by atoms with Gasteiger partial charge in [0.1, 0.15) is 0 Å². The van der Waals surface area contributed by atoms with Gasteiger partial charge in [0.25, 0.3) is 0 Å². The monoisotopic (exact) mass is 343 g/mol. The summed E-state index contributed by atoms with van der Waals surface area (Å²) >= 11 is 9.78. The average molecular weight is 345 g/mol. The zero-order valence-corrected chi connectivity index (χ0v) is 14.0. The molecule has 3 heteroatoms. The Bertz CT molecular complexity index is 408. The summed E-state index contributed by atoms with van der Waals surface area (Å²) in [6.07, 6.45) is 6.72. The van der Waals surface area contributed by atoms with E-state index in [4.69, 9.17) is 11.6 Å². The summed E-state index contributed by atoms with van der Waals surface area (Å²) < 4.78 is 0. The first-order valence-electron chi connectivity index (χ1n) is 7.34. The van der Waals surface area contributed by atoms with Crippen molar-refractivity contribution in [2.75, 3.05) is 18.0 Å². The molecule has 1 aromatic carbocycles. The molecular weight excluding hydrogens is 322 g/mol. The van der Waals surface area contributed by atoms with Gasteiger partial charge in [0.05, 0.1) is 0 Å². The van der Waals surface area contributed by atoms with Crippen LogP contribution in [0.4, 0.5) is 5.69 Å². The topological polar surface area (TPSA) is 3.24 Å². The van der Waals surface area contributed by atoms with E-state index in [-0.39, 0.29) is 0 Å². The molecule has 1 nitrogen and oxygen atoms in total. The lowest BCUT2D eigenvalue weighted by Crippen LogP contribution is -2.24. The molecule has 2 rings (SSSR count). The predicted octanol–water partition coefficient (Wildman–Crippen LogP) is 5.64. The van der Waals surface area contributed by atoms with Gasteiger partial charge in [0.15, 0.2) is 0 Å². The van der Waals surface area contributed by atoms with Crippen molar-refractivity contribution in [1.82, 2.24) is 0 Å². The van der Waals surface area contributed by atoms with Crippen LogP contribution in [0.2, 0.25) is 5.02 Å². The molecule has 19 heavy (non-hydrogen) atoms. The van der Waals surface area contributed by atoms with Gasteiger partial charge in [-0.3, -0.25) is 0 Å². The number of halogens is 2. The summed E-state index contributed by atoms with van der Waals surface area (Å²) in [6.45, 7) is 4.64. The SMILES string of the molecule is CCCC1CCCN(c2ccc(CBr)c(Cl)c2)CC1. The fraction of sp³-hybridized carbons (Fsp3) is 0.625. The Kier molecular flexibility index (Phi) is 6.03. The van der Waals surface area contributed by atoms with E-state index in [1.165, 1.54) is 56.4 Å². The Balaban J connectivity index is 2.03. The number of rotatable bonds is 4. The number of hydrogen-bond acceptors (Lipinski definition) is 1. The molecule has 1 saturated heterocycles. The molecule has 0 amide bonds. The van der Waals surface area contributed by atoms with Crippen LogP contribution >= 0.6 is 27.5 Å². The summed E-state index contributed by atoms with van der Waals surface area (Å²) in [5, 5.41) is 1.70. The maximum Gasteiger partial charge on any atom is 0.0467 e. The van der Waals surface area contributed by atoms with Crippen LogP contribution < -0.4 is 4.90 Å². The summed E-state index contributed by atoms with van der Waals surface area (Å²) in [6, 6.07) is 6.47. The van der Waals surface area contributed by atoms with Gasteiger partial charge in [-0.25, -0.2) is 0 Å². The Morgan fingerprint density at radius 2 is 2.16 bits per heavy atom. The van der Waals surface area contributed by atoms with E-state index >= 15 is 0 Å². The molecule has 0 aromatic heterocycles. The van der Waals surface area contributed by atoms with Crippen molar-refractivity contribution in [3.63, 3.8) is 0 Å². The molecule has 106 valence electrons. The third-order valence-electron chi connectivity index (χ3n) is 4.09. The highest BCUT2D eigenvalue weighted by molar-refractivity contribution is 9.08. The first-order chi connectivity index (χ1) is 9.24. The summed E-state index contributed by atoms with van der Waals surface area (Å²) in [7, 11) is 0. The van der Waals surface area contributed by atoms with Crippen LogP contribution in [0, 0.1) is 5.92 Å². The Morgan fingerprint density at radius 3 is 2.84 bits per heavy atom. The number of hydrogen-bond donors (Lipinski definition) is 0. The van der Waals surface area contributed by atoms with Crippen LogP contribution in [0.1, 0.15) is 44.6 Å². The first kappa shape index (κ1) is 15.2. The molecule has 1 aliphatic rings. The minimum Gasteiger partial charge on any atom is -0.371 e. The summed E-state index contributed by atoms with van der Waals surface area (Å²) in [4.78, 5) is 2.50. The standard InChI is InChI=1S/C16H23BrClN/c1-2-4-13-5-3-9-19(10-8-13)15-7-6-14(12-17)16(18)11-15/h6-7,11,13H,2-5,8-10,12H2,1H3. The number of benzene rings is 1. The van der Waals surface area contributed by atoms with E-state index in [1.54, 1.807) is 0 Å². The van der Waals surface area contributed by atoms with Crippen molar-refractivity contribution >= 4 is 33.2 Å². The van der Waals surface area contributed by atoms with Gasteiger partial charge in [-0.05, 0) is 42.9 Å². The molecule has 1 atom stereocenters. The smallest absolute Gasteiger partial charge is 0.0467 e. The Morgan fingerprint density at radius 1 is 1.32 bits per heavy atom. The fourth-order valence-electron chi connectivity index (χ4n) is 2.96. The van der Waals surface area contributed by atoms with E-state index in [0.717, 1.165) is 16.3 Å². The van der Waals surface area contributed by atoms with Crippen LogP contribution in [0.3, 0.4) is 0 Å². The summed E-state index contributed by atoms with van der Waals surface area (Å²) in [5.74, 6) is 0.923. The van der Waals surface area contributed by atoms with Crippen molar-refractivity contribution in [2.45, 2.75) is 44.4 Å². The Hall–Kier alpha value is -0.210. The Labute approximate surface area is 130 Å². The molecule has 0 N–H and O–H groups in total. The van der Waals surface area contributed by atoms with Gasteiger partial charge in [-0.1, -0.05) is 53.4 Å². The minimum atomic E-state index is 0.824. The van der Waals surface area contributed by atoms with E-state index in [0.29, 0.717) is 0 Å². The van der Waals surface area contributed by atoms with Gasteiger partial charge in [-0.15, -0.1) is 0 Å². The molecule has 1 aromatic rings. The molecule has 0 saturated carbocycles. The van der Waals surface area contributed by atoms with Crippen LogP contribution in [0.15, 0.2) is 18.2 Å². The minimum absolute atomic E-state index is 0.824. The van der Waals surface area contributed by atoms with E-state index in [1.807, 2.05) is 0 Å². The quantitative estimate of drug-likeness (QED) is 0.639. The van der Waals surface area contributed by atoms with Crippen molar-refractivity contribution < 1.29 is 0 Å². The van der Waals surface area contributed by atoms with Gasteiger partial charge < -0.3 is 4.90 Å². The number of nitrogens with zero attached hydrogens (tertiary/aromatic N) is 1. The van der Waals surface area contributed by atoms with Gasteiger partial charge in [0, 0.05) is 29.1 Å². The lowest BCUT2D eigenvalue weighted by molar-refractivity contribution is 0.435. The molecule has 0 spiro atoms. The van der Waals surface area contributed by atoms with Crippen molar-refractivity contribution in [3.8, 4) is 0 Å². The highest BCUT2D eigenvalue weighted by Crippen LogP contribution is 2.29. The normalized spacial score (nSPS) is 20.4. The molecule has 1 fully saturated rings. The molecule has 1 heterocycles. The van der Waals surface area contributed by atoms with Gasteiger partial charge in [-0.2, -0.15) is 0 Å². The average Bonchev–Trinajstić information content (AvgIpc) is 2.65. The maximum atomic E-state index is 6.31. The zero-order valence-electron chi connectivity index (χ0n) is 11.7. The lowest BCUT2D eigenvalue weighted by Gasteiger charge is -2.23. The van der Waals surface area contributed by atoms with Crippen LogP contribution in [-0.2, 0) is 5.33 Å². The fourth-order valence-corrected chi connectivity index (χ4v) is 3.85. The molecule has 1 unspecified atom stereocenters. The van der Waals surface area contributed by atoms with Crippen LogP contribution in [-0.4, -0.2) is 13.1 Å². The van der Waals surface area contributed by atoms with Crippen LogP contribution in [0.25, 0.3) is 0 Å². The lowest BCUT2D eigenvalue weighted by atomic mass is 9.96. The molecular formula is C16H23BrClN. The van der Waals surface area contributed by atoms with Crippen molar-refractivity contribution in [2.24, 2.45) is 5.92 Å². The highest BCUT2D eigenvalue weighted by atomic mass is 79.9. The van der Waals surface area contributed by atoms with E-state index in [2.05, 4.69) is 46.0 Å². The summed E-state index contributed by atoms with van der Waals surface area (Å²) in [5.41, 5.74) is 2.45. The second-order valence-corrected chi connectivity index (χ2v) is 6.45. The second kappa shape index (κ2) is 7.54. The van der Waals surface area contributed by atoms with E-state index < -0.39 is 0 Å². The first-order valence-corrected chi connectivity index (χ1v) is 8.84. The zero-order chi connectivity index (χ0) is 13.7. The maximum absolute atomic E-state index is 6.31. The number of anilines is 1. The molecule has 0 aliphatic carbocycles. The van der Waals surface area contributed by atoms with Gasteiger partial charge >= 0.3 is 0 Å². The largest absolute Gasteiger partial charge is 0.371 e. The second-order valence-electron chi connectivity index (χ2n) is 5.48. The van der Waals surface area contributed by atoms with Crippen molar-refractivity contribution in [1.29, 1.82) is 0 Å². The molecule has 1 aliphatic heterocycles. The molecule has 0 bridgehead atoms. The third kappa shape index (κ3) is 4.13. The van der Waals surface area contributed by atoms with E-state index in [9.17, 15) is 0 Å². The predicted molar refractivity (Wildman–Crippen MR) is 88.5 cm³/mol.